The summed E-state index contributed by atoms with van der Waals surface area (Å²) < 4.78 is 6.21. The average molecular weight is 401 g/mol. The molecule has 6 heteroatoms. The first-order chi connectivity index (χ1) is 12.8. The van der Waals surface area contributed by atoms with Crippen LogP contribution in [-0.4, -0.2) is 36.7 Å². The molecule has 0 rings (SSSR count). The zero-order chi connectivity index (χ0) is 22.2. The van der Waals surface area contributed by atoms with Crippen LogP contribution in [0, 0.1) is 10.8 Å². The van der Waals surface area contributed by atoms with Gasteiger partial charge in [0, 0.05) is 7.05 Å². The van der Waals surface area contributed by atoms with Crippen molar-refractivity contribution >= 4 is 11.8 Å². The molecule has 0 heterocycles. The third-order valence-corrected chi connectivity index (χ3v) is 5.66. The van der Waals surface area contributed by atoms with Crippen molar-refractivity contribution in [1.82, 2.24) is 10.8 Å². The molecule has 2 N–H and O–H groups in total. The Hall–Kier alpha value is -1.14. The maximum Gasteiger partial charge on any atom is 0.251 e. The lowest BCUT2D eigenvalue weighted by Gasteiger charge is -2.45. The van der Waals surface area contributed by atoms with Crippen LogP contribution in [0.2, 0.25) is 0 Å². The Morgan fingerprint density at radius 2 is 1.46 bits per heavy atom. The van der Waals surface area contributed by atoms with Gasteiger partial charge in [0.1, 0.15) is 0 Å². The van der Waals surface area contributed by atoms with Crippen molar-refractivity contribution in [1.29, 1.82) is 0 Å². The minimum atomic E-state index is -0.971. The highest BCUT2D eigenvalue weighted by Gasteiger charge is 2.52. The number of rotatable bonds is 13. The Kier molecular flexibility index (Phi) is 10.7. The van der Waals surface area contributed by atoms with Crippen molar-refractivity contribution in [3.8, 4) is 0 Å². The summed E-state index contributed by atoms with van der Waals surface area (Å²) in [5.41, 5.74) is 0.447. The van der Waals surface area contributed by atoms with Crippen molar-refractivity contribution in [2.24, 2.45) is 10.8 Å². The van der Waals surface area contributed by atoms with Gasteiger partial charge >= 0.3 is 0 Å². The fourth-order valence-electron chi connectivity index (χ4n) is 3.81. The quantitative estimate of drug-likeness (QED) is 0.450. The molecule has 0 aliphatic rings. The van der Waals surface area contributed by atoms with Crippen LogP contribution in [0.15, 0.2) is 0 Å². The molecule has 0 bridgehead atoms. The van der Waals surface area contributed by atoms with Gasteiger partial charge in [-0.3, -0.25) is 14.4 Å². The highest BCUT2D eigenvalue weighted by molar-refractivity contribution is 5.86. The molecule has 0 saturated heterocycles. The molecule has 0 fully saturated rings. The minimum Gasteiger partial charge on any atom is -0.373 e. The minimum absolute atomic E-state index is 0.119. The van der Waals surface area contributed by atoms with Gasteiger partial charge in [0.25, 0.3) is 5.91 Å². The molecule has 2 amide bonds. The van der Waals surface area contributed by atoms with E-state index in [2.05, 4.69) is 17.7 Å². The first-order valence-corrected chi connectivity index (χ1v) is 10.7. The molecule has 0 aliphatic heterocycles. The van der Waals surface area contributed by atoms with E-state index in [4.69, 9.17) is 9.57 Å². The first-order valence-electron chi connectivity index (χ1n) is 10.7. The summed E-state index contributed by atoms with van der Waals surface area (Å²) in [5, 5.41) is 2.76. The highest BCUT2D eigenvalue weighted by atomic mass is 16.7. The van der Waals surface area contributed by atoms with Crippen LogP contribution >= 0.6 is 0 Å². The molecule has 0 aliphatic carbocycles. The van der Waals surface area contributed by atoms with Crippen LogP contribution in [0.5, 0.6) is 0 Å². The zero-order valence-electron chi connectivity index (χ0n) is 19.8. The number of amides is 2. The van der Waals surface area contributed by atoms with Crippen LogP contribution in [0.25, 0.3) is 0 Å². The summed E-state index contributed by atoms with van der Waals surface area (Å²) in [6, 6.07) is 0. The zero-order valence-corrected chi connectivity index (χ0v) is 19.8. The van der Waals surface area contributed by atoms with Crippen LogP contribution in [0.4, 0.5) is 0 Å². The van der Waals surface area contributed by atoms with Gasteiger partial charge < -0.3 is 10.1 Å². The third kappa shape index (κ3) is 6.73. The number of hydrogen-bond donors (Lipinski definition) is 2. The molecule has 0 aromatic rings. The number of carbonyl (C=O) groups excluding carboxylic acids is 2. The van der Waals surface area contributed by atoms with Crippen LogP contribution in [0.1, 0.15) is 94.4 Å². The van der Waals surface area contributed by atoms with E-state index >= 15 is 0 Å². The predicted octanol–water partition coefficient (Wildman–Crippen LogP) is 4.38. The van der Waals surface area contributed by atoms with E-state index in [1.807, 2.05) is 55.4 Å². The number of hydroxylamine groups is 1. The van der Waals surface area contributed by atoms with Crippen molar-refractivity contribution in [3.63, 3.8) is 0 Å². The summed E-state index contributed by atoms with van der Waals surface area (Å²) in [6.07, 6.45) is 3.29. The number of ether oxygens (including phenoxy) is 1. The molecule has 0 saturated carbocycles. The maximum absolute atomic E-state index is 13.2. The summed E-state index contributed by atoms with van der Waals surface area (Å²) in [4.78, 5) is 31.8. The molecule has 166 valence electrons. The average Bonchev–Trinajstić information content (AvgIpc) is 2.63. The van der Waals surface area contributed by atoms with Crippen molar-refractivity contribution in [3.05, 3.63) is 0 Å². The second-order valence-corrected chi connectivity index (χ2v) is 9.12. The molecule has 0 spiro atoms. The number of carbonyl (C=O) groups is 2. The smallest absolute Gasteiger partial charge is 0.251 e. The second kappa shape index (κ2) is 11.1. The third-order valence-electron chi connectivity index (χ3n) is 5.66. The first kappa shape index (κ1) is 26.9. The normalized spacial score (nSPS) is 17.5. The second-order valence-electron chi connectivity index (χ2n) is 9.12. The lowest BCUT2D eigenvalue weighted by molar-refractivity contribution is -0.183. The Labute approximate surface area is 172 Å². The monoisotopic (exact) mass is 400 g/mol. The Bertz CT molecular complexity index is 507. The molecule has 28 heavy (non-hydrogen) atoms. The molecule has 3 atom stereocenters. The summed E-state index contributed by atoms with van der Waals surface area (Å²) in [5.74, 6) is -0.397. The molecular weight excluding hydrogens is 356 g/mol. The Morgan fingerprint density at radius 1 is 0.929 bits per heavy atom. The fourth-order valence-corrected chi connectivity index (χ4v) is 3.81. The van der Waals surface area contributed by atoms with E-state index < -0.39 is 22.5 Å². The van der Waals surface area contributed by atoms with Crippen molar-refractivity contribution in [2.45, 2.75) is 112 Å². The lowest BCUT2D eigenvalue weighted by atomic mass is 9.67. The molecule has 3 unspecified atom stereocenters. The fraction of sp³-hybridized carbons (Fsp3) is 0.909. The standard InChI is InChI=1S/C22H44N2O4/c1-11-14-21(8,13-3)28-24-18(25)20(6,7)17(27-16(4)5)22(9,15-12-2)19(26)23-10/h16-17H,11-15H2,1-10H3,(H,23,26)(H,24,25). The van der Waals surface area contributed by atoms with Gasteiger partial charge in [0.15, 0.2) is 0 Å². The van der Waals surface area contributed by atoms with Gasteiger partial charge in [-0.15, -0.1) is 0 Å². The van der Waals surface area contributed by atoms with E-state index in [-0.39, 0.29) is 17.9 Å². The number of hydrogen-bond acceptors (Lipinski definition) is 4. The van der Waals surface area contributed by atoms with E-state index in [0.29, 0.717) is 6.42 Å². The van der Waals surface area contributed by atoms with Crippen LogP contribution in [-0.2, 0) is 19.2 Å². The predicted molar refractivity (Wildman–Crippen MR) is 114 cm³/mol. The SMILES string of the molecule is CCCC(C)(CC)ONC(=O)C(C)(C)C(OC(C)C)C(C)(CCC)C(=O)NC. The van der Waals surface area contributed by atoms with Gasteiger partial charge in [-0.25, -0.2) is 5.48 Å². The topological polar surface area (TPSA) is 76.7 Å². The molecular formula is C22H44N2O4. The Morgan fingerprint density at radius 3 is 1.86 bits per heavy atom. The summed E-state index contributed by atoms with van der Waals surface area (Å²) in [7, 11) is 1.62. The highest BCUT2D eigenvalue weighted by Crippen LogP contribution is 2.41. The van der Waals surface area contributed by atoms with E-state index in [0.717, 1.165) is 25.7 Å². The van der Waals surface area contributed by atoms with Gasteiger partial charge in [0.05, 0.1) is 28.6 Å². The Balaban J connectivity index is 5.79. The van der Waals surface area contributed by atoms with Gasteiger partial charge in [-0.05, 0) is 60.8 Å². The maximum atomic E-state index is 13.2. The summed E-state index contributed by atoms with van der Waals surface area (Å²) >= 11 is 0. The van der Waals surface area contributed by atoms with E-state index in [1.165, 1.54) is 0 Å². The largest absolute Gasteiger partial charge is 0.373 e. The molecule has 0 radical (unpaired) electrons. The molecule has 0 aromatic carbocycles. The van der Waals surface area contributed by atoms with Crippen LogP contribution in [0.3, 0.4) is 0 Å². The van der Waals surface area contributed by atoms with Gasteiger partial charge in [-0.1, -0.05) is 33.6 Å². The molecule has 6 nitrogen and oxygen atoms in total. The van der Waals surface area contributed by atoms with Crippen molar-refractivity contribution in [2.75, 3.05) is 7.05 Å². The van der Waals surface area contributed by atoms with Gasteiger partial charge in [-0.2, -0.15) is 0 Å². The lowest BCUT2D eigenvalue weighted by Crippen LogP contribution is -2.58. The van der Waals surface area contributed by atoms with Crippen molar-refractivity contribution < 1.29 is 19.2 Å². The van der Waals surface area contributed by atoms with Crippen LogP contribution < -0.4 is 10.8 Å². The number of nitrogens with one attached hydrogen (secondary N) is 2. The molecule has 0 aromatic heterocycles. The van der Waals surface area contributed by atoms with E-state index in [9.17, 15) is 9.59 Å². The van der Waals surface area contributed by atoms with Gasteiger partial charge in [0.2, 0.25) is 5.91 Å². The van der Waals surface area contributed by atoms with E-state index in [1.54, 1.807) is 7.05 Å². The summed E-state index contributed by atoms with van der Waals surface area (Å²) in [6.45, 7) is 17.5.